The number of nitrogens with zero attached hydrogens (tertiary/aromatic N) is 3. The van der Waals surface area contributed by atoms with E-state index in [2.05, 4.69) is 70.2 Å². The molecule has 3 atom stereocenters. The molecule has 2 saturated heterocycles. The van der Waals surface area contributed by atoms with E-state index in [4.69, 9.17) is 9.47 Å². The van der Waals surface area contributed by atoms with Crippen LogP contribution in [0.5, 0.6) is 5.75 Å². The summed E-state index contributed by atoms with van der Waals surface area (Å²) in [5.41, 5.74) is 7.45. The van der Waals surface area contributed by atoms with Crippen molar-refractivity contribution in [1.29, 1.82) is 0 Å². The zero-order chi connectivity index (χ0) is 38.8. The lowest BCUT2D eigenvalue weighted by Gasteiger charge is -2.38. The molecule has 3 aromatic carbocycles. The highest BCUT2D eigenvalue weighted by atomic mass is 16.5. The van der Waals surface area contributed by atoms with Crippen LogP contribution in [-0.2, 0) is 32.0 Å². The van der Waals surface area contributed by atoms with Gasteiger partial charge in [-0.1, -0.05) is 49.1 Å². The molecular weight excluding hydrogens is 705 g/mol. The number of nitrogens with one attached hydrogen (secondary N) is 1. The summed E-state index contributed by atoms with van der Waals surface area (Å²) in [6, 6.07) is 21.8. The van der Waals surface area contributed by atoms with Gasteiger partial charge in [0.25, 0.3) is 5.91 Å². The minimum Gasteiger partial charge on any atom is -0.508 e. The average Bonchev–Trinajstić information content (AvgIpc) is 3.52. The number of allylic oxidation sites excluding steroid dienone is 4. The van der Waals surface area contributed by atoms with Crippen molar-refractivity contribution < 1.29 is 29.0 Å². The number of piperazine rings is 1. The largest absolute Gasteiger partial charge is 0.508 e. The number of amides is 3. The first-order valence-corrected chi connectivity index (χ1v) is 20.2. The molecule has 5 aliphatic rings. The van der Waals surface area contributed by atoms with Crippen molar-refractivity contribution in [3.05, 3.63) is 131 Å². The van der Waals surface area contributed by atoms with Gasteiger partial charge in [0.15, 0.2) is 0 Å². The van der Waals surface area contributed by atoms with E-state index in [1.165, 1.54) is 16.7 Å². The van der Waals surface area contributed by atoms with Gasteiger partial charge in [-0.25, -0.2) is 0 Å². The Hall–Kier alpha value is -5.19. The second-order valence-electron chi connectivity index (χ2n) is 15.8. The van der Waals surface area contributed by atoms with Crippen LogP contribution in [0.25, 0.3) is 0 Å². The Kier molecular flexibility index (Phi) is 11.1. The molecule has 3 aromatic rings. The lowest BCUT2D eigenvalue weighted by Crippen LogP contribution is -2.52. The number of ether oxygens (including phenoxy) is 2. The Morgan fingerprint density at radius 3 is 2.48 bits per heavy atom. The Morgan fingerprint density at radius 2 is 1.71 bits per heavy atom. The molecule has 10 heteroatoms. The number of aryl methyl sites for hydroxylation is 1. The van der Waals surface area contributed by atoms with E-state index in [9.17, 15) is 19.5 Å². The van der Waals surface area contributed by atoms with Gasteiger partial charge in [0.1, 0.15) is 23.7 Å². The quantitative estimate of drug-likeness (QED) is 0.125. The van der Waals surface area contributed by atoms with Crippen molar-refractivity contribution >= 4 is 23.4 Å². The van der Waals surface area contributed by atoms with Crippen LogP contribution in [0.4, 0.5) is 5.69 Å². The molecule has 0 bridgehead atoms. The van der Waals surface area contributed by atoms with E-state index >= 15 is 0 Å². The zero-order valence-corrected chi connectivity index (χ0v) is 32.2. The summed E-state index contributed by atoms with van der Waals surface area (Å²) >= 11 is 0. The van der Waals surface area contributed by atoms with Crippen LogP contribution >= 0.6 is 0 Å². The fourth-order valence-corrected chi connectivity index (χ4v) is 9.10. The fraction of sp³-hybridized carbons (Fsp3) is 0.413. The number of rotatable bonds is 12. The third-order valence-electron chi connectivity index (χ3n) is 12.3. The molecule has 0 spiro atoms. The number of anilines is 1. The SMILES string of the molecule is C=C(/C=C\C(=C/C)O[C@H]1C[C@H](OCCN2CCN(c3ccc4c(c3)CN(C3CCC(=O)NC3=O)C4=O)CC2)C1)[C@@H]1c2ccc(O)cc2CC[C@@H]1c1ccccc1. The van der Waals surface area contributed by atoms with Gasteiger partial charge in [0.05, 0.1) is 12.7 Å². The highest BCUT2D eigenvalue weighted by Gasteiger charge is 2.39. The molecule has 292 valence electrons. The first-order chi connectivity index (χ1) is 27.2. The Balaban J connectivity index is 0.765. The number of aromatic hydroxyl groups is 1. The van der Waals surface area contributed by atoms with Crippen LogP contribution in [0.15, 0.2) is 103 Å². The molecule has 1 unspecified atom stereocenters. The number of fused-ring (bicyclic) bond motifs is 2. The lowest BCUT2D eigenvalue weighted by atomic mass is 9.69. The predicted octanol–water partition coefficient (Wildman–Crippen LogP) is 6.37. The normalized spacial score (nSPS) is 25.5. The van der Waals surface area contributed by atoms with Crippen molar-refractivity contribution in [2.24, 2.45) is 0 Å². The Morgan fingerprint density at radius 1 is 0.911 bits per heavy atom. The summed E-state index contributed by atoms with van der Waals surface area (Å²) in [6.07, 6.45) is 10.8. The molecule has 3 amide bonds. The maximum Gasteiger partial charge on any atom is 0.255 e. The van der Waals surface area contributed by atoms with Crippen LogP contribution < -0.4 is 10.2 Å². The number of phenols is 1. The van der Waals surface area contributed by atoms with Crippen LogP contribution in [0.1, 0.15) is 83.5 Å². The number of piperidine rings is 1. The number of hydrogen-bond donors (Lipinski definition) is 2. The Labute approximate surface area is 329 Å². The first-order valence-electron chi connectivity index (χ1n) is 20.2. The minimum absolute atomic E-state index is 0.117. The minimum atomic E-state index is -0.600. The number of hydrogen-bond acceptors (Lipinski definition) is 8. The predicted molar refractivity (Wildman–Crippen MR) is 215 cm³/mol. The van der Waals surface area contributed by atoms with E-state index in [0.29, 0.717) is 36.8 Å². The summed E-state index contributed by atoms with van der Waals surface area (Å²) in [7, 11) is 0. The van der Waals surface area contributed by atoms with Crippen molar-refractivity contribution in [3.8, 4) is 5.75 Å². The van der Waals surface area contributed by atoms with E-state index in [0.717, 1.165) is 81.0 Å². The number of phenolic OH excluding ortho intramolecular Hbond substituents is 1. The van der Waals surface area contributed by atoms with Gasteiger partial charge in [-0.2, -0.15) is 0 Å². The smallest absolute Gasteiger partial charge is 0.255 e. The van der Waals surface area contributed by atoms with E-state index in [1.807, 2.05) is 37.3 Å². The van der Waals surface area contributed by atoms with Gasteiger partial charge < -0.3 is 24.4 Å². The maximum absolute atomic E-state index is 13.1. The van der Waals surface area contributed by atoms with Crippen molar-refractivity contribution in [3.63, 3.8) is 0 Å². The molecular formula is C46H52N4O6. The number of carbonyl (C=O) groups excluding carboxylic acids is 3. The molecule has 0 aromatic heterocycles. The van der Waals surface area contributed by atoms with Gasteiger partial charge in [-0.15, -0.1) is 0 Å². The summed E-state index contributed by atoms with van der Waals surface area (Å²) in [5, 5.41) is 12.5. The van der Waals surface area contributed by atoms with Crippen LogP contribution in [0, 0.1) is 0 Å². The van der Waals surface area contributed by atoms with E-state index in [-0.39, 0.29) is 42.3 Å². The molecule has 2 aliphatic carbocycles. The second-order valence-corrected chi connectivity index (χ2v) is 15.8. The molecule has 8 rings (SSSR count). The highest BCUT2D eigenvalue weighted by Crippen LogP contribution is 2.47. The van der Waals surface area contributed by atoms with Crippen molar-refractivity contribution in [2.75, 3.05) is 44.2 Å². The molecule has 3 heterocycles. The van der Waals surface area contributed by atoms with Crippen LogP contribution in [0.2, 0.25) is 0 Å². The van der Waals surface area contributed by atoms with E-state index in [1.54, 1.807) is 11.0 Å². The van der Waals surface area contributed by atoms with Gasteiger partial charge in [-0.05, 0) is 102 Å². The zero-order valence-electron chi connectivity index (χ0n) is 32.2. The molecule has 3 aliphatic heterocycles. The van der Waals surface area contributed by atoms with Gasteiger partial charge in [0.2, 0.25) is 11.8 Å². The summed E-state index contributed by atoms with van der Waals surface area (Å²) in [6.45, 7) is 12.1. The van der Waals surface area contributed by atoms with Gasteiger partial charge in [0, 0.05) is 75.7 Å². The molecule has 1 saturated carbocycles. The summed E-state index contributed by atoms with van der Waals surface area (Å²) in [5.74, 6) is 0.777. The van der Waals surface area contributed by atoms with Crippen LogP contribution in [-0.4, -0.2) is 90.2 Å². The molecule has 0 radical (unpaired) electrons. The molecule has 56 heavy (non-hydrogen) atoms. The topological polar surface area (TPSA) is 112 Å². The number of imide groups is 1. The van der Waals surface area contributed by atoms with Crippen molar-refractivity contribution in [1.82, 2.24) is 15.1 Å². The van der Waals surface area contributed by atoms with E-state index < -0.39 is 6.04 Å². The highest BCUT2D eigenvalue weighted by molar-refractivity contribution is 6.05. The standard InChI is InChI=1S/C46H52N4O6/c1-3-36(13-9-30(2)44-39(31-7-5-4-6-8-31)14-10-32-26-35(51)12-16-40(32)44)56-38-27-37(28-38)55-24-23-48-19-21-49(22-20-48)34-11-15-41-33(25-34)29-50(46(41)54)42-17-18-43(52)47-45(42)53/h3-9,11-13,15-16,25-26,37-39,42,44,51H,2,10,14,17-24,27-29H2,1H3,(H,47,52,53)/b13-9-,36-3+/t37-,38-,39-,42?,44+/m1/s1. The van der Waals surface area contributed by atoms with Gasteiger partial charge >= 0.3 is 0 Å². The Bertz CT molecular complexity index is 2030. The molecule has 3 fully saturated rings. The summed E-state index contributed by atoms with van der Waals surface area (Å²) < 4.78 is 12.6. The van der Waals surface area contributed by atoms with Gasteiger partial charge in [-0.3, -0.25) is 24.6 Å². The number of benzene rings is 3. The summed E-state index contributed by atoms with van der Waals surface area (Å²) in [4.78, 5) is 43.5. The lowest BCUT2D eigenvalue weighted by molar-refractivity contribution is -0.136. The number of carbonyl (C=O) groups is 3. The molecule has 2 N–H and O–H groups in total. The first kappa shape index (κ1) is 37.7. The monoisotopic (exact) mass is 756 g/mol. The van der Waals surface area contributed by atoms with Crippen LogP contribution in [0.3, 0.4) is 0 Å². The average molecular weight is 757 g/mol. The fourth-order valence-electron chi connectivity index (χ4n) is 9.10. The third kappa shape index (κ3) is 8.04. The van der Waals surface area contributed by atoms with Crippen molar-refractivity contribution in [2.45, 2.75) is 82.1 Å². The molecule has 10 nitrogen and oxygen atoms in total. The second kappa shape index (κ2) is 16.5. The third-order valence-corrected chi connectivity index (χ3v) is 12.3. The maximum atomic E-state index is 13.1.